The standard InChI is InChI=1S/C11H10ClNO/c1-14-10-7-9(12)11(13-10)8-5-3-2-4-6-8/h2-7,13H,1H3. The van der Waals surface area contributed by atoms with E-state index in [0.717, 1.165) is 11.3 Å². The number of halogens is 1. The summed E-state index contributed by atoms with van der Waals surface area (Å²) >= 11 is 6.05. The summed E-state index contributed by atoms with van der Waals surface area (Å²) < 4.78 is 5.06. The molecule has 1 N–H and O–H groups in total. The molecule has 0 radical (unpaired) electrons. The monoisotopic (exact) mass is 207 g/mol. The van der Waals surface area contributed by atoms with Crippen LogP contribution in [0.15, 0.2) is 36.4 Å². The van der Waals surface area contributed by atoms with E-state index in [1.807, 2.05) is 30.3 Å². The number of methoxy groups -OCH3 is 1. The summed E-state index contributed by atoms with van der Waals surface area (Å²) in [7, 11) is 1.61. The molecular weight excluding hydrogens is 198 g/mol. The number of aromatic nitrogens is 1. The van der Waals surface area contributed by atoms with Crippen molar-refractivity contribution in [2.45, 2.75) is 0 Å². The average molecular weight is 208 g/mol. The minimum absolute atomic E-state index is 0.674. The van der Waals surface area contributed by atoms with E-state index >= 15 is 0 Å². The Morgan fingerprint density at radius 2 is 1.93 bits per heavy atom. The van der Waals surface area contributed by atoms with Gasteiger partial charge in [-0.25, -0.2) is 0 Å². The molecule has 0 amide bonds. The molecule has 1 heterocycles. The molecule has 0 fully saturated rings. The van der Waals surface area contributed by atoms with Crippen LogP contribution in [0.4, 0.5) is 0 Å². The van der Waals surface area contributed by atoms with E-state index < -0.39 is 0 Å². The third-order valence-electron chi connectivity index (χ3n) is 2.03. The summed E-state index contributed by atoms with van der Waals surface area (Å²) in [5.41, 5.74) is 1.95. The van der Waals surface area contributed by atoms with Crippen LogP contribution in [0, 0.1) is 0 Å². The van der Waals surface area contributed by atoms with Gasteiger partial charge < -0.3 is 9.72 Å². The number of aromatic amines is 1. The lowest BCUT2D eigenvalue weighted by atomic mass is 10.2. The van der Waals surface area contributed by atoms with Gasteiger partial charge >= 0.3 is 0 Å². The summed E-state index contributed by atoms with van der Waals surface area (Å²) in [4.78, 5) is 3.09. The number of rotatable bonds is 2. The van der Waals surface area contributed by atoms with Gasteiger partial charge in [-0.2, -0.15) is 0 Å². The highest BCUT2D eigenvalue weighted by molar-refractivity contribution is 6.33. The maximum absolute atomic E-state index is 6.05. The quantitative estimate of drug-likeness (QED) is 0.803. The number of hydrogen-bond acceptors (Lipinski definition) is 1. The lowest BCUT2D eigenvalue weighted by molar-refractivity contribution is 0.401. The fourth-order valence-corrected chi connectivity index (χ4v) is 1.59. The summed E-state index contributed by atoms with van der Waals surface area (Å²) in [6, 6.07) is 11.7. The second kappa shape index (κ2) is 3.76. The Bertz CT molecular complexity index is 422. The van der Waals surface area contributed by atoms with Crippen molar-refractivity contribution in [1.82, 2.24) is 4.98 Å². The van der Waals surface area contributed by atoms with Crippen LogP contribution in [0.1, 0.15) is 0 Å². The first-order valence-corrected chi connectivity index (χ1v) is 4.67. The first-order chi connectivity index (χ1) is 6.81. The smallest absolute Gasteiger partial charge is 0.192 e. The lowest BCUT2D eigenvalue weighted by Gasteiger charge is -1.98. The maximum atomic E-state index is 6.05. The predicted molar refractivity (Wildman–Crippen MR) is 57.8 cm³/mol. The van der Waals surface area contributed by atoms with Gasteiger partial charge in [0.05, 0.1) is 17.8 Å². The number of nitrogens with one attached hydrogen (secondary N) is 1. The Morgan fingerprint density at radius 1 is 1.21 bits per heavy atom. The number of ether oxygens (including phenoxy) is 1. The van der Waals surface area contributed by atoms with Crippen LogP contribution in [0.2, 0.25) is 5.02 Å². The molecule has 0 aliphatic rings. The Hall–Kier alpha value is -1.41. The van der Waals surface area contributed by atoms with Gasteiger partial charge in [-0.1, -0.05) is 41.9 Å². The fourth-order valence-electron chi connectivity index (χ4n) is 1.33. The minimum atomic E-state index is 0.674. The van der Waals surface area contributed by atoms with Crippen LogP contribution >= 0.6 is 11.6 Å². The largest absolute Gasteiger partial charge is 0.482 e. The van der Waals surface area contributed by atoms with E-state index in [1.165, 1.54) is 0 Å². The number of hydrogen-bond donors (Lipinski definition) is 1. The topological polar surface area (TPSA) is 25.0 Å². The molecule has 1 aromatic carbocycles. The summed E-state index contributed by atoms with van der Waals surface area (Å²) in [6.45, 7) is 0. The highest BCUT2D eigenvalue weighted by Crippen LogP contribution is 2.30. The fraction of sp³-hybridized carbons (Fsp3) is 0.0909. The Balaban J connectivity index is 2.46. The second-order valence-corrected chi connectivity index (χ2v) is 3.33. The molecule has 14 heavy (non-hydrogen) atoms. The van der Waals surface area contributed by atoms with Crippen LogP contribution in [0.5, 0.6) is 5.88 Å². The van der Waals surface area contributed by atoms with Crippen LogP contribution in [0.25, 0.3) is 11.3 Å². The molecule has 0 saturated heterocycles. The van der Waals surface area contributed by atoms with Gasteiger partial charge in [-0.3, -0.25) is 0 Å². The average Bonchev–Trinajstić information content (AvgIpc) is 2.61. The van der Waals surface area contributed by atoms with Gasteiger partial charge in [0.1, 0.15) is 0 Å². The van der Waals surface area contributed by atoms with Crippen LogP contribution in [-0.2, 0) is 0 Å². The molecule has 2 rings (SSSR count). The molecular formula is C11H10ClNO. The van der Waals surface area contributed by atoms with Crippen molar-refractivity contribution in [3.05, 3.63) is 41.4 Å². The molecule has 0 atom stereocenters. The van der Waals surface area contributed by atoms with Crippen molar-refractivity contribution in [2.24, 2.45) is 0 Å². The van der Waals surface area contributed by atoms with Gasteiger partial charge in [-0.15, -0.1) is 0 Å². The first kappa shape index (κ1) is 9.16. The molecule has 2 aromatic rings. The van der Waals surface area contributed by atoms with E-state index in [9.17, 15) is 0 Å². The van der Waals surface area contributed by atoms with Gasteiger partial charge in [0.15, 0.2) is 5.88 Å². The third kappa shape index (κ3) is 1.61. The van der Waals surface area contributed by atoms with Gasteiger partial charge in [0.2, 0.25) is 0 Å². The SMILES string of the molecule is COc1cc(Cl)c(-c2ccccc2)[nH]1. The van der Waals surface area contributed by atoms with E-state index in [2.05, 4.69) is 4.98 Å². The lowest BCUT2D eigenvalue weighted by Crippen LogP contribution is -1.81. The van der Waals surface area contributed by atoms with E-state index in [4.69, 9.17) is 16.3 Å². The molecule has 1 aromatic heterocycles. The van der Waals surface area contributed by atoms with Crippen molar-refractivity contribution >= 4 is 11.6 Å². The predicted octanol–water partition coefficient (Wildman–Crippen LogP) is 3.34. The molecule has 0 unspecified atom stereocenters. The Morgan fingerprint density at radius 3 is 2.50 bits per heavy atom. The normalized spacial score (nSPS) is 10.1. The molecule has 3 heteroatoms. The zero-order valence-electron chi connectivity index (χ0n) is 7.75. The van der Waals surface area contributed by atoms with Crippen molar-refractivity contribution in [2.75, 3.05) is 7.11 Å². The maximum Gasteiger partial charge on any atom is 0.192 e. The van der Waals surface area contributed by atoms with Crippen molar-refractivity contribution in [3.8, 4) is 17.1 Å². The third-order valence-corrected chi connectivity index (χ3v) is 2.33. The molecule has 0 saturated carbocycles. The number of H-pyrrole nitrogens is 1. The van der Waals surface area contributed by atoms with Gasteiger partial charge in [0.25, 0.3) is 0 Å². The summed E-state index contributed by atoms with van der Waals surface area (Å²) in [6.07, 6.45) is 0. The molecule has 0 spiro atoms. The van der Waals surface area contributed by atoms with Crippen LogP contribution < -0.4 is 4.74 Å². The van der Waals surface area contributed by atoms with E-state index in [-0.39, 0.29) is 0 Å². The first-order valence-electron chi connectivity index (χ1n) is 4.29. The summed E-state index contributed by atoms with van der Waals surface area (Å²) in [5.74, 6) is 0.675. The second-order valence-electron chi connectivity index (χ2n) is 2.93. The minimum Gasteiger partial charge on any atom is -0.482 e. The molecule has 0 aliphatic heterocycles. The van der Waals surface area contributed by atoms with E-state index in [1.54, 1.807) is 13.2 Å². The molecule has 72 valence electrons. The molecule has 0 aliphatic carbocycles. The Labute approximate surface area is 87.5 Å². The highest BCUT2D eigenvalue weighted by atomic mass is 35.5. The van der Waals surface area contributed by atoms with Gasteiger partial charge in [0, 0.05) is 6.07 Å². The highest BCUT2D eigenvalue weighted by Gasteiger charge is 2.07. The summed E-state index contributed by atoms with van der Waals surface area (Å²) in [5, 5.41) is 0.674. The van der Waals surface area contributed by atoms with E-state index in [0.29, 0.717) is 10.9 Å². The number of benzene rings is 1. The van der Waals surface area contributed by atoms with Crippen LogP contribution in [0.3, 0.4) is 0 Å². The van der Waals surface area contributed by atoms with Crippen molar-refractivity contribution in [1.29, 1.82) is 0 Å². The van der Waals surface area contributed by atoms with Gasteiger partial charge in [-0.05, 0) is 5.56 Å². The molecule has 0 bridgehead atoms. The zero-order valence-corrected chi connectivity index (χ0v) is 8.51. The van der Waals surface area contributed by atoms with Crippen LogP contribution in [-0.4, -0.2) is 12.1 Å². The van der Waals surface area contributed by atoms with Crippen molar-refractivity contribution in [3.63, 3.8) is 0 Å². The Kier molecular flexibility index (Phi) is 2.46. The van der Waals surface area contributed by atoms with Crippen molar-refractivity contribution < 1.29 is 4.74 Å². The molecule has 2 nitrogen and oxygen atoms in total. The zero-order chi connectivity index (χ0) is 9.97.